The first-order chi connectivity index (χ1) is 7.52. The van der Waals surface area contributed by atoms with Crippen LogP contribution in [0.1, 0.15) is 10.4 Å². The normalized spacial score (nSPS) is 11.9. The number of carbonyl (C=O) groups excluding carboxylic acids is 1. The number of esters is 1. The standard InChI is InChI=1S/C10H11NO4S/c11-7(9(12)13)5-15-10(14)6-3-1-2-4-8(6)16/h1-4,7,16H,5,11H2,(H,12,13). The maximum absolute atomic E-state index is 11.5. The molecule has 3 N–H and O–H groups in total. The summed E-state index contributed by atoms with van der Waals surface area (Å²) in [6.45, 7) is -0.365. The summed E-state index contributed by atoms with van der Waals surface area (Å²) >= 11 is 4.07. The van der Waals surface area contributed by atoms with Crippen molar-refractivity contribution in [1.29, 1.82) is 0 Å². The molecule has 5 nitrogen and oxygen atoms in total. The summed E-state index contributed by atoms with van der Waals surface area (Å²) in [6.07, 6.45) is 0. The topological polar surface area (TPSA) is 89.6 Å². The Labute approximate surface area is 97.6 Å². The predicted molar refractivity (Wildman–Crippen MR) is 59.6 cm³/mol. The molecule has 1 atom stereocenters. The number of nitrogens with two attached hydrogens (primary N) is 1. The van der Waals surface area contributed by atoms with Gasteiger partial charge >= 0.3 is 11.9 Å². The molecule has 0 amide bonds. The predicted octanol–water partition coefficient (Wildman–Crippen LogP) is 0.544. The zero-order valence-corrected chi connectivity index (χ0v) is 9.18. The second-order valence-corrected chi connectivity index (χ2v) is 3.54. The zero-order chi connectivity index (χ0) is 12.1. The lowest BCUT2D eigenvalue weighted by atomic mass is 10.2. The average molecular weight is 241 g/mol. The van der Waals surface area contributed by atoms with Crippen molar-refractivity contribution in [1.82, 2.24) is 0 Å². The van der Waals surface area contributed by atoms with Gasteiger partial charge in [0.05, 0.1) is 5.56 Å². The van der Waals surface area contributed by atoms with Crippen LogP contribution in [-0.2, 0) is 9.53 Å². The van der Waals surface area contributed by atoms with Crippen molar-refractivity contribution in [3.05, 3.63) is 29.8 Å². The highest BCUT2D eigenvalue weighted by Gasteiger charge is 2.16. The lowest BCUT2D eigenvalue weighted by Gasteiger charge is -2.08. The van der Waals surface area contributed by atoms with E-state index in [2.05, 4.69) is 12.6 Å². The second kappa shape index (κ2) is 5.53. The molecule has 0 saturated carbocycles. The number of hydrogen-bond donors (Lipinski definition) is 3. The molecule has 0 aromatic heterocycles. The van der Waals surface area contributed by atoms with Crippen molar-refractivity contribution >= 4 is 24.6 Å². The van der Waals surface area contributed by atoms with Gasteiger partial charge in [0.15, 0.2) is 0 Å². The van der Waals surface area contributed by atoms with Gasteiger partial charge in [-0.05, 0) is 12.1 Å². The lowest BCUT2D eigenvalue weighted by molar-refractivity contribution is -0.139. The molecular formula is C10H11NO4S. The largest absolute Gasteiger partial charge is 0.480 e. The molecule has 0 bridgehead atoms. The molecule has 1 aromatic carbocycles. The van der Waals surface area contributed by atoms with E-state index in [0.717, 1.165) is 0 Å². The van der Waals surface area contributed by atoms with Crippen molar-refractivity contribution in [3.63, 3.8) is 0 Å². The van der Waals surface area contributed by atoms with Crippen molar-refractivity contribution in [3.8, 4) is 0 Å². The minimum Gasteiger partial charge on any atom is -0.480 e. The number of aliphatic carboxylic acids is 1. The maximum atomic E-state index is 11.5. The van der Waals surface area contributed by atoms with Crippen LogP contribution < -0.4 is 5.73 Å². The van der Waals surface area contributed by atoms with E-state index in [9.17, 15) is 9.59 Å². The van der Waals surface area contributed by atoms with E-state index in [1.165, 1.54) is 6.07 Å². The zero-order valence-electron chi connectivity index (χ0n) is 8.29. The minimum absolute atomic E-state index is 0.281. The maximum Gasteiger partial charge on any atom is 0.339 e. The van der Waals surface area contributed by atoms with Crippen molar-refractivity contribution in [2.45, 2.75) is 10.9 Å². The fourth-order valence-electron chi connectivity index (χ4n) is 0.961. The molecule has 0 heterocycles. The van der Waals surface area contributed by atoms with E-state index >= 15 is 0 Å². The van der Waals surface area contributed by atoms with E-state index in [-0.39, 0.29) is 12.2 Å². The molecular weight excluding hydrogens is 230 g/mol. The van der Waals surface area contributed by atoms with Crippen LogP contribution in [0.25, 0.3) is 0 Å². The van der Waals surface area contributed by atoms with Crippen LogP contribution in [-0.4, -0.2) is 29.7 Å². The summed E-state index contributed by atoms with van der Waals surface area (Å²) in [7, 11) is 0. The van der Waals surface area contributed by atoms with E-state index in [1.807, 2.05) is 0 Å². The van der Waals surface area contributed by atoms with Gasteiger partial charge in [-0.2, -0.15) is 0 Å². The molecule has 0 spiro atoms. The van der Waals surface area contributed by atoms with Crippen LogP contribution in [0.4, 0.5) is 0 Å². The molecule has 0 fully saturated rings. The Hall–Kier alpha value is -1.53. The first-order valence-electron chi connectivity index (χ1n) is 4.46. The third-order valence-electron chi connectivity index (χ3n) is 1.84. The molecule has 16 heavy (non-hydrogen) atoms. The van der Waals surface area contributed by atoms with Crippen LogP contribution in [0.2, 0.25) is 0 Å². The number of rotatable bonds is 4. The summed E-state index contributed by atoms with van der Waals surface area (Å²) in [5.74, 6) is -1.85. The Morgan fingerprint density at radius 2 is 2.06 bits per heavy atom. The Morgan fingerprint density at radius 3 is 2.62 bits per heavy atom. The fourth-order valence-corrected chi connectivity index (χ4v) is 1.21. The fraction of sp³-hybridized carbons (Fsp3) is 0.200. The highest BCUT2D eigenvalue weighted by atomic mass is 32.1. The Balaban J connectivity index is 2.60. The molecule has 6 heteroatoms. The summed E-state index contributed by atoms with van der Waals surface area (Å²) < 4.78 is 4.74. The van der Waals surface area contributed by atoms with E-state index in [1.54, 1.807) is 18.2 Å². The first kappa shape index (κ1) is 12.5. The van der Waals surface area contributed by atoms with Gasteiger partial charge in [-0.25, -0.2) is 4.79 Å². The van der Waals surface area contributed by atoms with Crippen LogP contribution in [0.3, 0.4) is 0 Å². The van der Waals surface area contributed by atoms with E-state index < -0.39 is 18.0 Å². The number of carbonyl (C=O) groups is 2. The molecule has 86 valence electrons. The average Bonchev–Trinajstić information content (AvgIpc) is 2.25. The number of hydrogen-bond acceptors (Lipinski definition) is 5. The van der Waals surface area contributed by atoms with Crippen LogP contribution in [0.15, 0.2) is 29.2 Å². The molecule has 1 unspecified atom stereocenters. The molecule has 0 radical (unpaired) electrons. The SMILES string of the molecule is NC(COC(=O)c1ccccc1S)C(=O)O. The van der Waals surface area contributed by atoms with Crippen LogP contribution >= 0.6 is 12.6 Å². The molecule has 1 aromatic rings. The van der Waals surface area contributed by atoms with Gasteiger partial charge in [-0.15, -0.1) is 12.6 Å². The first-order valence-corrected chi connectivity index (χ1v) is 4.90. The molecule has 0 aliphatic heterocycles. The van der Waals surface area contributed by atoms with Gasteiger partial charge in [0.25, 0.3) is 0 Å². The number of carboxylic acid groups (broad SMARTS) is 1. The summed E-state index contributed by atoms with van der Waals surface area (Å²) in [6, 6.07) is 5.35. The highest BCUT2D eigenvalue weighted by molar-refractivity contribution is 7.80. The number of thiol groups is 1. The van der Waals surface area contributed by atoms with Crippen LogP contribution in [0, 0.1) is 0 Å². The van der Waals surface area contributed by atoms with Gasteiger partial charge in [0.1, 0.15) is 12.6 Å². The van der Waals surface area contributed by atoms with Gasteiger partial charge in [0, 0.05) is 4.90 Å². The Morgan fingerprint density at radius 1 is 1.44 bits per heavy atom. The third kappa shape index (κ3) is 3.25. The van der Waals surface area contributed by atoms with Crippen molar-refractivity contribution in [2.24, 2.45) is 5.73 Å². The molecule has 0 saturated heterocycles. The second-order valence-electron chi connectivity index (χ2n) is 3.06. The monoisotopic (exact) mass is 241 g/mol. The Bertz CT molecular complexity index is 408. The van der Waals surface area contributed by atoms with Gasteiger partial charge in [-0.1, -0.05) is 12.1 Å². The number of ether oxygens (including phenoxy) is 1. The van der Waals surface area contributed by atoms with E-state index in [4.69, 9.17) is 15.6 Å². The summed E-state index contributed by atoms with van der Waals surface area (Å²) in [5, 5.41) is 8.49. The lowest BCUT2D eigenvalue weighted by Crippen LogP contribution is -2.35. The number of benzene rings is 1. The molecule has 0 aliphatic carbocycles. The smallest absolute Gasteiger partial charge is 0.339 e. The highest BCUT2D eigenvalue weighted by Crippen LogP contribution is 2.13. The van der Waals surface area contributed by atoms with E-state index in [0.29, 0.717) is 4.90 Å². The van der Waals surface area contributed by atoms with Crippen LogP contribution in [0.5, 0.6) is 0 Å². The molecule has 0 aliphatic rings. The quantitative estimate of drug-likeness (QED) is 0.529. The summed E-state index contributed by atoms with van der Waals surface area (Å²) in [4.78, 5) is 22.3. The van der Waals surface area contributed by atoms with Gasteiger partial charge in [-0.3, -0.25) is 4.79 Å². The number of carboxylic acids is 1. The minimum atomic E-state index is -1.22. The van der Waals surface area contributed by atoms with Gasteiger partial charge < -0.3 is 15.6 Å². The van der Waals surface area contributed by atoms with Crippen molar-refractivity contribution in [2.75, 3.05) is 6.61 Å². The molecule has 1 rings (SSSR count). The third-order valence-corrected chi connectivity index (χ3v) is 2.23. The van der Waals surface area contributed by atoms with Crippen molar-refractivity contribution < 1.29 is 19.4 Å². The van der Waals surface area contributed by atoms with Gasteiger partial charge in [0.2, 0.25) is 0 Å². The Kier molecular flexibility index (Phi) is 4.33. The summed E-state index contributed by atoms with van der Waals surface area (Å²) in [5.41, 5.74) is 5.47.